The molecule has 0 rings (SSSR count). The lowest BCUT2D eigenvalue weighted by Crippen LogP contribution is -2.43. The zero-order chi connectivity index (χ0) is 14.9. The molecule has 0 aromatic rings. The van der Waals surface area contributed by atoms with Crippen LogP contribution in [0.3, 0.4) is 0 Å². The van der Waals surface area contributed by atoms with Gasteiger partial charge in [0.25, 0.3) is 0 Å². The topological polar surface area (TPSA) is 69.7 Å². The highest BCUT2D eigenvalue weighted by Crippen LogP contribution is 1.98. The number of carbonyl (C=O) groups excluding carboxylic acids is 1. The highest BCUT2D eigenvalue weighted by molar-refractivity contribution is 7.88. The summed E-state index contributed by atoms with van der Waals surface area (Å²) in [6.45, 7) is 3.52. The molecule has 0 bridgehead atoms. The van der Waals surface area contributed by atoms with Gasteiger partial charge in [-0.2, -0.15) is 4.31 Å². The van der Waals surface area contributed by atoms with E-state index in [-0.39, 0.29) is 12.5 Å². The van der Waals surface area contributed by atoms with Crippen molar-refractivity contribution in [2.75, 3.05) is 46.5 Å². The second-order valence-corrected chi connectivity index (χ2v) is 6.94. The summed E-state index contributed by atoms with van der Waals surface area (Å²) in [5, 5.41) is 2.75. The number of carbonyl (C=O) groups is 1. The van der Waals surface area contributed by atoms with Crippen LogP contribution in [-0.4, -0.2) is 70.1 Å². The summed E-state index contributed by atoms with van der Waals surface area (Å²) in [5.41, 5.74) is 0. The molecular formula is C12H27N3O3S. The lowest BCUT2D eigenvalue weighted by atomic mass is 10.2. The molecule has 19 heavy (non-hydrogen) atoms. The van der Waals surface area contributed by atoms with Gasteiger partial charge in [-0.1, -0.05) is 19.8 Å². The van der Waals surface area contributed by atoms with Crippen LogP contribution in [0.1, 0.15) is 26.2 Å². The summed E-state index contributed by atoms with van der Waals surface area (Å²) < 4.78 is 24.4. The highest BCUT2D eigenvalue weighted by atomic mass is 32.2. The largest absolute Gasteiger partial charge is 0.355 e. The molecule has 7 heteroatoms. The Morgan fingerprint density at radius 3 is 2.26 bits per heavy atom. The Morgan fingerprint density at radius 2 is 1.79 bits per heavy atom. The van der Waals surface area contributed by atoms with Crippen LogP contribution in [0.25, 0.3) is 0 Å². The Labute approximate surface area is 117 Å². The van der Waals surface area contributed by atoms with Crippen molar-refractivity contribution < 1.29 is 13.2 Å². The Morgan fingerprint density at radius 1 is 1.16 bits per heavy atom. The minimum Gasteiger partial charge on any atom is -0.355 e. The number of nitrogens with zero attached hydrogens (tertiary/aromatic N) is 2. The molecule has 0 aromatic heterocycles. The van der Waals surface area contributed by atoms with E-state index in [1.807, 2.05) is 19.0 Å². The third kappa shape index (κ3) is 9.86. The van der Waals surface area contributed by atoms with Gasteiger partial charge in [0.2, 0.25) is 15.9 Å². The number of likely N-dealkylation sites (N-methyl/N-ethyl adjacent to an activating group) is 1. The van der Waals surface area contributed by atoms with Crippen LogP contribution in [-0.2, 0) is 14.8 Å². The first kappa shape index (κ1) is 18.3. The van der Waals surface area contributed by atoms with Crippen molar-refractivity contribution in [3.05, 3.63) is 0 Å². The molecule has 1 N–H and O–H groups in total. The summed E-state index contributed by atoms with van der Waals surface area (Å²) >= 11 is 0. The van der Waals surface area contributed by atoms with Crippen LogP contribution in [0, 0.1) is 0 Å². The average Bonchev–Trinajstić information content (AvgIpc) is 2.28. The molecule has 0 saturated heterocycles. The molecule has 0 spiro atoms. The molecule has 0 unspecified atom stereocenters. The maximum Gasteiger partial charge on any atom is 0.235 e. The summed E-state index contributed by atoms with van der Waals surface area (Å²) in [5.74, 6) is -0.236. The van der Waals surface area contributed by atoms with E-state index in [1.54, 1.807) is 0 Å². The van der Waals surface area contributed by atoms with Crippen LogP contribution in [0.5, 0.6) is 0 Å². The van der Waals surface area contributed by atoms with Gasteiger partial charge in [-0.15, -0.1) is 0 Å². The van der Waals surface area contributed by atoms with Gasteiger partial charge in [-0.05, 0) is 20.5 Å². The molecule has 0 radical (unpaired) electrons. The minimum absolute atomic E-state index is 0.0984. The number of unbranched alkanes of at least 4 members (excludes halogenated alkanes) is 2. The Bertz CT molecular complexity index is 355. The molecule has 0 aliphatic rings. The number of nitrogens with one attached hydrogen (secondary N) is 1. The van der Waals surface area contributed by atoms with Crippen molar-refractivity contribution >= 4 is 15.9 Å². The first-order chi connectivity index (χ1) is 8.77. The van der Waals surface area contributed by atoms with Crippen molar-refractivity contribution in [1.82, 2.24) is 14.5 Å². The van der Waals surface area contributed by atoms with Gasteiger partial charge in [0, 0.05) is 19.6 Å². The van der Waals surface area contributed by atoms with Crippen molar-refractivity contribution in [3.8, 4) is 0 Å². The second kappa shape index (κ2) is 9.28. The highest BCUT2D eigenvalue weighted by Gasteiger charge is 2.19. The lowest BCUT2D eigenvalue weighted by Gasteiger charge is -2.21. The second-order valence-electron chi connectivity index (χ2n) is 4.96. The molecule has 0 heterocycles. The van der Waals surface area contributed by atoms with Crippen LogP contribution in [0.15, 0.2) is 0 Å². The fourth-order valence-electron chi connectivity index (χ4n) is 1.49. The molecular weight excluding hydrogens is 266 g/mol. The maximum absolute atomic E-state index is 11.7. The lowest BCUT2D eigenvalue weighted by molar-refractivity contribution is -0.121. The predicted molar refractivity (Wildman–Crippen MR) is 77.5 cm³/mol. The Hall–Kier alpha value is -0.660. The average molecular weight is 293 g/mol. The van der Waals surface area contributed by atoms with Gasteiger partial charge in [-0.25, -0.2) is 8.42 Å². The van der Waals surface area contributed by atoms with Crippen molar-refractivity contribution in [2.45, 2.75) is 26.2 Å². The van der Waals surface area contributed by atoms with Gasteiger partial charge in [-0.3, -0.25) is 4.79 Å². The minimum atomic E-state index is -3.35. The first-order valence-corrected chi connectivity index (χ1v) is 8.48. The van der Waals surface area contributed by atoms with E-state index in [0.717, 1.165) is 25.5 Å². The Kier molecular flexibility index (Phi) is 8.95. The number of hydrogen-bond acceptors (Lipinski definition) is 4. The molecule has 0 atom stereocenters. The number of sulfonamides is 1. The number of hydrogen-bond donors (Lipinski definition) is 1. The zero-order valence-electron chi connectivity index (χ0n) is 12.5. The first-order valence-electron chi connectivity index (χ1n) is 6.64. The number of rotatable bonds is 10. The van der Waals surface area contributed by atoms with E-state index >= 15 is 0 Å². The van der Waals surface area contributed by atoms with Crippen LogP contribution < -0.4 is 5.32 Å². The third-order valence-electron chi connectivity index (χ3n) is 2.69. The van der Waals surface area contributed by atoms with Gasteiger partial charge in [0.1, 0.15) is 0 Å². The standard InChI is InChI=1S/C12H27N3O3S/c1-5-6-7-8-13-12(16)11-15(19(4,17)18)10-9-14(2)3/h5-11H2,1-4H3,(H,13,16). The van der Waals surface area contributed by atoms with Crippen molar-refractivity contribution in [1.29, 1.82) is 0 Å². The van der Waals surface area contributed by atoms with E-state index in [2.05, 4.69) is 12.2 Å². The molecule has 0 aromatic carbocycles. The normalized spacial score (nSPS) is 12.1. The SMILES string of the molecule is CCCCCNC(=O)CN(CCN(C)C)S(C)(=O)=O. The van der Waals surface area contributed by atoms with Gasteiger partial charge >= 0.3 is 0 Å². The van der Waals surface area contributed by atoms with Crippen molar-refractivity contribution in [3.63, 3.8) is 0 Å². The van der Waals surface area contributed by atoms with Gasteiger partial charge in [0.05, 0.1) is 12.8 Å². The molecule has 114 valence electrons. The smallest absolute Gasteiger partial charge is 0.235 e. The van der Waals surface area contributed by atoms with E-state index in [9.17, 15) is 13.2 Å². The molecule has 0 aliphatic heterocycles. The molecule has 6 nitrogen and oxygen atoms in total. The van der Waals surface area contributed by atoms with Crippen molar-refractivity contribution in [2.24, 2.45) is 0 Å². The Balaban J connectivity index is 4.21. The monoisotopic (exact) mass is 293 g/mol. The number of amides is 1. The van der Waals surface area contributed by atoms with E-state index in [4.69, 9.17) is 0 Å². The van der Waals surface area contributed by atoms with Crippen LogP contribution >= 0.6 is 0 Å². The molecule has 0 fully saturated rings. The molecule has 0 aliphatic carbocycles. The summed E-state index contributed by atoms with van der Waals surface area (Å²) in [4.78, 5) is 13.6. The molecule has 0 saturated carbocycles. The fourth-order valence-corrected chi connectivity index (χ4v) is 2.26. The quantitative estimate of drug-likeness (QED) is 0.581. The third-order valence-corrected chi connectivity index (χ3v) is 3.94. The fraction of sp³-hybridized carbons (Fsp3) is 0.917. The molecule has 1 amide bonds. The van der Waals surface area contributed by atoms with Crippen LogP contribution in [0.2, 0.25) is 0 Å². The predicted octanol–water partition coefficient (Wildman–Crippen LogP) is 0.116. The summed E-state index contributed by atoms with van der Waals surface area (Å²) in [7, 11) is 0.388. The van der Waals surface area contributed by atoms with E-state index in [0.29, 0.717) is 19.6 Å². The van der Waals surface area contributed by atoms with E-state index < -0.39 is 10.0 Å². The van der Waals surface area contributed by atoms with E-state index in [1.165, 1.54) is 4.31 Å². The zero-order valence-corrected chi connectivity index (χ0v) is 13.3. The van der Waals surface area contributed by atoms with Gasteiger partial charge in [0.15, 0.2) is 0 Å². The maximum atomic E-state index is 11.7. The summed E-state index contributed by atoms with van der Waals surface area (Å²) in [6, 6.07) is 0. The summed E-state index contributed by atoms with van der Waals surface area (Å²) in [6.07, 6.45) is 4.22. The van der Waals surface area contributed by atoms with Gasteiger partial charge < -0.3 is 10.2 Å². The van der Waals surface area contributed by atoms with Crippen LogP contribution in [0.4, 0.5) is 0 Å².